The molecule has 2 aromatic carbocycles. The maximum Gasteiger partial charge on any atom is 0.246 e. The predicted octanol–water partition coefficient (Wildman–Crippen LogP) is 3.23. The lowest BCUT2D eigenvalue weighted by Gasteiger charge is -2.06. The number of nitrogens with zero attached hydrogens (tertiary/aromatic N) is 3. The zero-order valence-electron chi connectivity index (χ0n) is 14.9. The van der Waals surface area contributed by atoms with Crippen molar-refractivity contribution in [1.82, 2.24) is 14.8 Å². The van der Waals surface area contributed by atoms with Crippen LogP contribution in [-0.2, 0) is 6.54 Å². The molecule has 7 heteroatoms. The normalized spacial score (nSPS) is 10.4. The number of ether oxygens (including phenoxy) is 2. The summed E-state index contributed by atoms with van der Waals surface area (Å²) in [6.07, 6.45) is 0. The molecule has 1 heterocycles. The number of carbonyl (C=O) groups is 1. The standard InChI is InChI=1S/C19H20N4O3/c1-13(24)23-19(20-12-14-4-8-16(25-2)9-5-14)21-18(22-23)15-6-10-17(26-3)11-7-15/h4-11H,12H2,1-3H3,(H,20,21,22). The molecule has 0 fully saturated rings. The molecule has 7 nitrogen and oxygen atoms in total. The van der Waals surface area contributed by atoms with Crippen LogP contribution >= 0.6 is 0 Å². The number of hydrogen-bond acceptors (Lipinski definition) is 6. The highest BCUT2D eigenvalue weighted by Gasteiger charge is 2.14. The molecule has 0 aliphatic rings. The Morgan fingerprint density at radius 1 is 1.00 bits per heavy atom. The number of benzene rings is 2. The Kier molecular flexibility index (Phi) is 5.17. The van der Waals surface area contributed by atoms with Gasteiger partial charge < -0.3 is 14.8 Å². The molecule has 0 radical (unpaired) electrons. The monoisotopic (exact) mass is 352 g/mol. The van der Waals surface area contributed by atoms with Gasteiger partial charge in [0.25, 0.3) is 0 Å². The van der Waals surface area contributed by atoms with Crippen LogP contribution in [0, 0.1) is 0 Å². The van der Waals surface area contributed by atoms with E-state index in [9.17, 15) is 4.79 Å². The summed E-state index contributed by atoms with van der Waals surface area (Å²) >= 11 is 0. The zero-order valence-corrected chi connectivity index (χ0v) is 14.9. The third kappa shape index (κ3) is 3.83. The van der Waals surface area contributed by atoms with E-state index in [4.69, 9.17) is 9.47 Å². The molecule has 1 aromatic heterocycles. The number of rotatable bonds is 6. The predicted molar refractivity (Wildman–Crippen MR) is 98.6 cm³/mol. The topological polar surface area (TPSA) is 78.3 Å². The van der Waals surface area contributed by atoms with E-state index in [-0.39, 0.29) is 5.91 Å². The lowest BCUT2D eigenvalue weighted by atomic mass is 10.2. The molecule has 3 aromatic rings. The first-order chi connectivity index (χ1) is 12.6. The van der Waals surface area contributed by atoms with Crippen molar-refractivity contribution in [1.29, 1.82) is 0 Å². The number of aromatic nitrogens is 3. The lowest BCUT2D eigenvalue weighted by molar-refractivity contribution is 0.0924. The van der Waals surface area contributed by atoms with Gasteiger partial charge in [0.15, 0.2) is 5.82 Å². The van der Waals surface area contributed by atoms with Crippen LogP contribution in [-0.4, -0.2) is 34.9 Å². The molecule has 0 amide bonds. The van der Waals surface area contributed by atoms with Gasteiger partial charge in [0.1, 0.15) is 11.5 Å². The molecule has 0 unspecified atom stereocenters. The van der Waals surface area contributed by atoms with Crippen LogP contribution in [0.1, 0.15) is 17.3 Å². The fourth-order valence-corrected chi connectivity index (χ4v) is 2.43. The Morgan fingerprint density at radius 2 is 1.58 bits per heavy atom. The van der Waals surface area contributed by atoms with Crippen molar-refractivity contribution in [3.05, 3.63) is 54.1 Å². The smallest absolute Gasteiger partial charge is 0.246 e. The van der Waals surface area contributed by atoms with Crippen molar-refractivity contribution in [3.63, 3.8) is 0 Å². The number of nitrogens with one attached hydrogen (secondary N) is 1. The fraction of sp³-hybridized carbons (Fsp3) is 0.211. The first-order valence-corrected chi connectivity index (χ1v) is 8.10. The lowest BCUT2D eigenvalue weighted by Crippen LogP contribution is -2.13. The van der Waals surface area contributed by atoms with Gasteiger partial charge in [0.05, 0.1) is 14.2 Å². The number of hydrogen-bond donors (Lipinski definition) is 1. The quantitative estimate of drug-likeness (QED) is 0.734. The van der Waals surface area contributed by atoms with Gasteiger partial charge in [-0.1, -0.05) is 12.1 Å². The molecular weight excluding hydrogens is 332 g/mol. The summed E-state index contributed by atoms with van der Waals surface area (Å²) in [4.78, 5) is 16.4. The second kappa shape index (κ2) is 7.69. The highest BCUT2D eigenvalue weighted by molar-refractivity contribution is 5.79. The van der Waals surface area contributed by atoms with E-state index in [0.717, 1.165) is 22.6 Å². The molecule has 1 N–H and O–H groups in total. The summed E-state index contributed by atoms with van der Waals surface area (Å²) in [5.41, 5.74) is 1.84. The van der Waals surface area contributed by atoms with Gasteiger partial charge >= 0.3 is 0 Å². The zero-order chi connectivity index (χ0) is 18.5. The Labute approximate surface area is 151 Å². The molecular formula is C19H20N4O3. The second-order valence-electron chi connectivity index (χ2n) is 5.62. The Bertz CT molecular complexity index is 886. The van der Waals surface area contributed by atoms with E-state index in [1.807, 2.05) is 48.5 Å². The van der Waals surface area contributed by atoms with Crippen LogP contribution in [0.5, 0.6) is 11.5 Å². The van der Waals surface area contributed by atoms with Gasteiger partial charge in [0, 0.05) is 19.0 Å². The number of methoxy groups -OCH3 is 2. The van der Waals surface area contributed by atoms with E-state index >= 15 is 0 Å². The second-order valence-corrected chi connectivity index (χ2v) is 5.62. The Hall–Kier alpha value is -3.35. The Morgan fingerprint density at radius 3 is 2.12 bits per heavy atom. The molecule has 0 bridgehead atoms. The minimum absolute atomic E-state index is 0.213. The van der Waals surface area contributed by atoms with Gasteiger partial charge in [-0.05, 0) is 42.0 Å². The third-order valence-electron chi connectivity index (χ3n) is 3.86. The maximum atomic E-state index is 11.9. The van der Waals surface area contributed by atoms with E-state index in [2.05, 4.69) is 15.4 Å². The van der Waals surface area contributed by atoms with Crippen LogP contribution in [0.15, 0.2) is 48.5 Å². The summed E-state index contributed by atoms with van der Waals surface area (Å²) in [5, 5.41) is 7.47. The van der Waals surface area contributed by atoms with Gasteiger partial charge in [-0.2, -0.15) is 9.67 Å². The van der Waals surface area contributed by atoms with E-state index in [0.29, 0.717) is 18.3 Å². The van der Waals surface area contributed by atoms with Crippen molar-refractivity contribution in [2.45, 2.75) is 13.5 Å². The summed E-state index contributed by atoms with van der Waals surface area (Å²) < 4.78 is 11.6. The molecule has 0 aliphatic carbocycles. The third-order valence-corrected chi connectivity index (χ3v) is 3.86. The van der Waals surface area contributed by atoms with Crippen molar-refractivity contribution < 1.29 is 14.3 Å². The van der Waals surface area contributed by atoms with E-state index < -0.39 is 0 Å². The van der Waals surface area contributed by atoms with Crippen LogP contribution in [0.25, 0.3) is 11.4 Å². The molecule has 0 atom stereocenters. The van der Waals surface area contributed by atoms with Crippen LogP contribution < -0.4 is 14.8 Å². The average Bonchev–Trinajstić information content (AvgIpc) is 3.11. The highest BCUT2D eigenvalue weighted by Crippen LogP contribution is 2.21. The summed E-state index contributed by atoms with van der Waals surface area (Å²) in [6.45, 7) is 1.96. The molecule has 3 rings (SSSR count). The molecule has 26 heavy (non-hydrogen) atoms. The average molecular weight is 352 g/mol. The molecule has 0 saturated carbocycles. The van der Waals surface area contributed by atoms with Gasteiger partial charge in [0.2, 0.25) is 11.9 Å². The van der Waals surface area contributed by atoms with E-state index in [1.54, 1.807) is 14.2 Å². The van der Waals surface area contributed by atoms with Gasteiger partial charge in [-0.25, -0.2) is 0 Å². The first kappa shape index (κ1) is 17.5. The summed E-state index contributed by atoms with van der Waals surface area (Å²) in [6, 6.07) is 15.0. The Balaban J connectivity index is 1.81. The van der Waals surface area contributed by atoms with Crippen molar-refractivity contribution in [2.24, 2.45) is 0 Å². The van der Waals surface area contributed by atoms with Gasteiger partial charge in [-0.3, -0.25) is 4.79 Å². The summed E-state index contributed by atoms with van der Waals surface area (Å²) in [7, 11) is 3.24. The summed E-state index contributed by atoms with van der Waals surface area (Å²) in [5.74, 6) is 2.20. The molecule has 0 spiro atoms. The van der Waals surface area contributed by atoms with Gasteiger partial charge in [-0.15, -0.1) is 5.10 Å². The largest absolute Gasteiger partial charge is 0.497 e. The first-order valence-electron chi connectivity index (χ1n) is 8.10. The van der Waals surface area contributed by atoms with Crippen molar-refractivity contribution in [2.75, 3.05) is 19.5 Å². The molecule has 134 valence electrons. The minimum atomic E-state index is -0.213. The van der Waals surface area contributed by atoms with E-state index in [1.165, 1.54) is 11.6 Å². The SMILES string of the molecule is COc1ccc(CNc2nc(-c3ccc(OC)cc3)nn2C(C)=O)cc1. The number of anilines is 1. The van der Waals surface area contributed by atoms with Crippen LogP contribution in [0.2, 0.25) is 0 Å². The fourth-order valence-electron chi connectivity index (χ4n) is 2.43. The molecule has 0 aliphatic heterocycles. The van der Waals surface area contributed by atoms with Crippen molar-refractivity contribution >= 4 is 11.9 Å². The van der Waals surface area contributed by atoms with Crippen LogP contribution in [0.3, 0.4) is 0 Å². The maximum absolute atomic E-state index is 11.9. The van der Waals surface area contributed by atoms with Crippen molar-refractivity contribution in [3.8, 4) is 22.9 Å². The highest BCUT2D eigenvalue weighted by atomic mass is 16.5. The molecule has 0 saturated heterocycles. The number of carbonyl (C=O) groups excluding carboxylic acids is 1. The van der Waals surface area contributed by atoms with Crippen LogP contribution in [0.4, 0.5) is 5.95 Å². The minimum Gasteiger partial charge on any atom is -0.497 e.